The molecule has 1 nitrogen and oxygen atoms in total. The van der Waals surface area contributed by atoms with E-state index in [1.165, 1.54) is 4.35 Å². The maximum absolute atomic E-state index is 6.40. The third kappa shape index (κ3) is 3.28. The molecule has 0 aliphatic rings. The van der Waals surface area contributed by atoms with Crippen molar-refractivity contribution in [3.05, 3.63) is 59.1 Å². The Labute approximate surface area is 113 Å². The quantitative estimate of drug-likeness (QED) is 0.828. The zero-order valence-electron chi connectivity index (χ0n) is 8.40. The Morgan fingerprint density at radius 2 is 1.56 bits per heavy atom. The van der Waals surface area contributed by atoms with E-state index in [4.69, 9.17) is 9.95 Å². The van der Waals surface area contributed by atoms with E-state index in [0.29, 0.717) is 0 Å². The predicted octanol–water partition coefficient (Wildman–Crippen LogP) is 3.50. The van der Waals surface area contributed by atoms with Crippen molar-refractivity contribution >= 4 is 49.9 Å². The van der Waals surface area contributed by atoms with Crippen molar-refractivity contribution < 1.29 is 0 Å². The molecular formula is C12H10AsBrClN. The van der Waals surface area contributed by atoms with Gasteiger partial charge in [-0.25, -0.2) is 0 Å². The molecule has 0 aliphatic heterocycles. The Kier molecular flexibility index (Phi) is 4.34. The Hall–Kier alpha value is -0.432. The average molecular weight is 358 g/mol. The van der Waals surface area contributed by atoms with E-state index in [-0.39, 0.29) is 0 Å². The summed E-state index contributed by atoms with van der Waals surface area (Å²) in [6, 6.07) is 18.2. The molecule has 0 aliphatic carbocycles. The molecule has 0 radical (unpaired) electrons. The minimum atomic E-state index is -1.67. The molecule has 0 spiro atoms. The molecule has 2 aromatic rings. The fourth-order valence-corrected chi connectivity index (χ4v) is 4.59. The van der Waals surface area contributed by atoms with Gasteiger partial charge in [0.2, 0.25) is 0 Å². The van der Waals surface area contributed by atoms with Crippen LogP contribution < -0.4 is 8.58 Å². The molecule has 4 heteroatoms. The molecule has 2 rings (SSSR count). The fraction of sp³-hybridized carbons (Fsp3) is 0. The van der Waals surface area contributed by atoms with Crippen LogP contribution in [0.15, 0.2) is 59.1 Å². The van der Waals surface area contributed by atoms with Crippen LogP contribution in [0, 0.1) is 0 Å². The second-order valence-electron chi connectivity index (χ2n) is 3.24. The predicted molar refractivity (Wildman–Crippen MR) is 75.4 cm³/mol. The van der Waals surface area contributed by atoms with Crippen molar-refractivity contribution in [2.24, 2.45) is 0 Å². The molecule has 2 aromatic carbocycles. The van der Waals surface area contributed by atoms with Crippen LogP contribution in [0.3, 0.4) is 0 Å². The third-order valence-corrected chi connectivity index (χ3v) is 6.57. The molecule has 0 bridgehead atoms. The first-order chi connectivity index (χ1) is 7.75. The van der Waals surface area contributed by atoms with E-state index < -0.39 is 13.9 Å². The molecule has 1 unspecified atom stereocenters. The summed E-state index contributed by atoms with van der Waals surface area (Å²) < 4.78 is 5.66. The van der Waals surface area contributed by atoms with Gasteiger partial charge in [-0.15, -0.1) is 0 Å². The second-order valence-corrected chi connectivity index (χ2v) is 8.64. The number of rotatable bonds is 3. The summed E-state index contributed by atoms with van der Waals surface area (Å²) in [6.45, 7) is 0. The van der Waals surface area contributed by atoms with Crippen LogP contribution in [0.2, 0.25) is 0 Å². The summed E-state index contributed by atoms with van der Waals surface area (Å²) in [5, 5.41) is 0. The Morgan fingerprint density at radius 1 is 0.938 bits per heavy atom. The molecule has 0 amide bonds. The molecule has 0 fully saturated rings. The van der Waals surface area contributed by atoms with E-state index in [2.05, 4.69) is 32.3 Å². The number of anilines is 1. The van der Waals surface area contributed by atoms with Crippen LogP contribution in [0.25, 0.3) is 0 Å². The zero-order valence-corrected chi connectivity index (χ0v) is 12.6. The number of halogens is 2. The van der Waals surface area contributed by atoms with Gasteiger partial charge in [0.15, 0.2) is 0 Å². The van der Waals surface area contributed by atoms with Gasteiger partial charge < -0.3 is 0 Å². The molecular weight excluding hydrogens is 348 g/mol. The Morgan fingerprint density at radius 3 is 2.19 bits per heavy atom. The first kappa shape index (κ1) is 12.0. The van der Waals surface area contributed by atoms with E-state index >= 15 is 0 Å². The molecule has 0 heterocycles. The molecule has 16 heavy (non-hydrogen) atoms. The van der Waals surface area contributed by atoms with Gasteiger partial charge in [0, 0.05) is 0 Å². The van der Waals surface area contributed by atoms with Crippen molar-refractivity contribution in [3.63, 3.8) is 0 Å². The van der Waals surface area contributed by atoms with Crippen LogP contribution >= 0.6 is 25.9 Å². The summed E-state index contributed by atoms with van der Waals surface area (Å²) in [4.78, 5) is 0. The van der Waals surface area contributed by atoms with Crippen LogP contribution in [0.5, 0.6) is 0 Å². The third-order valence-electron chi connectivity index (χ3n) is 2.05. The van der Waals surface area contributed by atoms with Gasteiger partial charge in [-0.3, -0.25) is 0 Å². The van der Waals surface area contributed by atoms with Gasteiger partial charge in [-0.2, -0.15) is 0 Å². The zero-order chi connectivity index (χ0) is 11.4. The van der Waals surface area contributed by atoms with E-state index in [1.807, 2.05) is 42.5 Å². The van der Waals surface area contributed by atoms with Crippen LogP contribution in [0.1, 0.15) is 0 Å². The van der Waals surface area contributed by atoms with Gasteiger partial charge in [0.1, 0.15) is 0 Å². The Balaban J connectivity index is 2.08. The van der Waals surface area contributed by atoms with E-state index in [0.717, 1.165) is 10.2 Å². The molecule has 1 N–H and O–H groups in total. The summed E-state index contributed by atoms with van der Waals surface area (Å²) in [5.41, 5.74) is 1.07. The van der Waals surface area contributed by atoms with Crippen LogP contribution in [-0.4, -0.2) is 13.9 Å². The van der Waals surface area contributed by atoms with Gasteiger partial charge in [0.25, 0.3) is 0 Å². The average Bonchev–Trinajstić information content (AvgIpc) is 2.33. The molecule has 0 saturated heterocycles. The summed E-state index contributed by atoms with van der Waals surface area (Å²) >= 11 is 1.74. The van der Waals surface area contributed by atoms with Gasteiger partial charge in [-0.1, -0.05) is 0 Å². The first-order valence-electron chi connectivity index (χ1n) is 4.79. The van der Waals surface area contributed by atoms with Crippen molar-refractivity contribution in [1.29, 1.82) is 0 Å². The van der Waals surface area contributed by atoms with Crippen molar-refractivity contribution in [1.82, 2.24) is 0 Å². The molecule has 1 atom stereocenters. The van der Waals surface area contributed by atoms with Crippen molar-refractivity contribution in [3.8, 4) is 0 Å². The SMILES string of the molecule is Cl[As](Nc1ccc(Br)cc1)c1ccccc1. The Bertz CT molecular complexity index is 446. The number of hydrogen-bond acceptors (Lipinski definition) is 1. The summed E-state index contributed by atoms with van der Waals surface area (Å²) in [5.74, 6) is 0. The number of benzene rings is 2. The van der Waals surface area contributed by atoms with Crippen LogP contribution in [-0.2, 0) is 0 Å². The molecule has 82 valence electrons. The number of nitrogens with one attached hydrogen (secondary N) is 1. The first-order valence-corrected chi connectivity index (χ1v) is 9.92. The maximum atomic E-state index is 6.40. The topological polar surface area (TPSA) is 12.0 Å². The standard InChI is InChI=1S/C12H10AsBrClN/c14-11-6-8-12(9-7-11)16-13(15)10-4-2-1-3-5-10/h1-9,16H. The normalized spacial score (nSPS) is 12.1. The van der Waals surface area contributed by atoms with E-state index in [1.54, 1.807) is 0 Å². The molecule has 0 aromatic heterocycles. The van der Waals surface area contributed by atoms with E-state index in [9.17, 15) is 0 Å². The van der Waals surface area contributed by atoms with Crippen molar-refractivity contribution in [2.75, 3.05) is 4.23 Å². The van der Waals surface area contributed by atoms with Crippen LogP contribution in [0.4, 0.5) is 5.69 Å². The monoisotopic (exact) mass is 357 g/mol. The second kappa shape index (κ2) is 5.77. The number of hydrogen-bond donors (Lipinski definition) is 1. The van der Waals surface area contributed by atoms with Crippen molar-refractivity contribution in [2.45, 2.75) is 0 Å². The van der Waals surface area contributed by atoms with Gasteiger partial charge in [0.05, 0.1) is 0 Å². The fourth-order valence-electron chi connectivity index (χ4n) is 1.26. The van der Waals surface area contributed by atoms with Gasteiger partial charge >= 0.3 is 113 Å². The summed E-state index contributed by atoms with van der Waals surface area (Å²) in [6.07, 6.45) is 0. The molecule has 0 saturated carbocycles. The summed E-state index contributed by atoms with van der Waals surface area (Å²) in [7, 11) is 6.40. The minimum absolute atomic E-state index is 1.07. The van der Waals surface area contributed by atoms with Gasteiger partial charge in [-0.05, 0) is 0 Å².